The molecule has 0 aromatic carbocycles. The topological polar surface area (TPSA) is 96.2 Å². The third-order valence-electron chi connectivity index (χ3n) is 3.84. The molecule has 0 bridgehead atoms. The molecule has 25 heavy (non-hydrogen) atoms. The second-order valence-corrected chi connectivity index (χ2v) is 7.34. The number of aromatic nitrogens is 3. The monoisotopic (exact) mass is 349 g/mol. The van der Waals surface area contributed by atoms with Crippen molar-refractivity contribution in [3.8, 4) is 0 Å². The van der Waals surface area contributed by atoms with E-state index in [0.29, 0.717) is 12.5 Å². The first-order chi connectivity index (χ1) is 11.9. The van der Waals surface area contributed by atoms with Crippen molar-refractivity contribution < 1.29 is 4.79 Å². The summed E-state index contributed by atoms with van der Waals surface area (Å²) in [5.41, 5.74) is -0.243. The minimum absolute atomic E-state index is 0.0607. The summed E-state index contributed by atoms with van der Waals surface area (Å²) in [6, 6.07) is 0. The van der Waals surface area contributed by atoms with Crippen LogP contribution in [0, 0.1) is 0 Å². The Morgan fingerprint density at radius 2 is 2.00 bits per heavy atom. The number of nitrogens with one attached hydrogen (secondary N) is 3. The second kappa shape index (κ2) is 8.82. The van der Waals surface area contributed by atoms with Gasteiger partial charge in [0.2, 0.25) is 5.91 Å². The summed E-state index contributed by atoms with van der Waals surface area (Å²) in [5, 5.41) is 17.7. The van der Waals surface area contributed by atoms with Gasteiger partial charge in [-0.25, -0.2) is 4.99 Å². The van der Waals surface area contributed by atoms with Crippen LogP contribution in [0.2, 0.25) is 0 Å². The summed E-state index contributed by atoms with van der Waals surface area (Å²) >= 11 is 0. The van der Waals surface area contributed by atoms with Crippen LogP contribution < -0.4 is 16.0 Å². The van der Waals surface area contributed by atoms with Gasteiger partial charge < -0.3 is 20.5 Å². The normalized spacial score (nSPS) is 15.3. The minimum atomic E-state index is -0.243. The van der Waals surface area contributed by atoms with Crippen LogP contribution in [0.3, 0.4) is 0 Å². The van der Waals surface area contributed by atoms with Crippen molar-refractivity contribution in [1.29, 1.82) is 0 Å². The molecule has 1 aromatic rings. The first-order valence-electron chi connectivity index (χ1n) is 9.13. The van der Waals surface area contributed by atoms with Crippen LogP contribution in [0.5, 0.6) is 0 Å². The van der Waals surface area contributed by atoms with Crippen molar-refractivity contribution in [3.63, 3.8) is 0 Å². The van der Waals surface area contributed by atoms with Gasteiger partial charge in [-0.3, -0.25) is 4.79 Å². The van der Waals surface area contributed by atoms with Gasteiger partial charge in [-0.05, 0) is 40.5 Å². The van der Waals surface area contributed by atoms with E-state index in [0.717, 1.165) is 37.6 Å². The molecule has 1 aliphatic heterocycles. The van der Waals surface area contributed by atoms with Gasteiger partial charge in [0.1, 0.15) is 12.4 Å². The summed E-state index contributed by atoms with van der Waals surface area (Å²) in [7, 11) is 0. The molecule has 0 aliphatic carbocycles. The van der Waals surface area contributed by atoms with Crippen molar-refractivity contribution in [2.45, 2.75) is 72.0 Å². The van der Waals surface area contributed by atoms with E-state index in [1.807, 2.05) is 27.7 Å². The number of aryl methyl sites for hydroxylation is 1. The van der Waals surface area contributed by atoms with E-state index in [4.69, 9.17) is 0 Å². The molecule has 8 nitrogen and oxygen atoms in total. The Labute approximate surface area is 149 Å². The number of hydrogen-bond donors (Lipinski definition) is 3. The number of hydrogen-bond acceptors (Lipinski definition) is 4. The number of fused-ring (bicyclic) bond motifs is 1. The predicted octanol–water partition coefficient (Wildman–Crippen LogP) is 0.974. The highest BCUT2D eigenvalue weighted by molar-refractivity contribution is 5.86. The maximum atomic E-state index is 11.9. The third-order valence-corrected chi connectivity index (χ3v) is 3.84. The fourth-order valence-electron chi connectivity index (χ4n) is 2.78. The molecule has 3 N–H and O–H groups in total. The Bertz CT molecular complexity index is 601. The Balaban J connectivity index is 1.95. The lowest BCUT2D eigenvalue weighted by molar-refractivity contribution is -0.121. The molecular formula is C17H31N7O. The highest BCUT2D eigenvalue weighted by atomic mass is 16.2. The predicted molar refractivity (Wildman–Crippen MR) is 98.3 cm³/mol. The lowest BCUT2D eigenvalue weighted by Crippen LogP contribution is -2.48. The zero-order chi connectivity index (χ0) is 18.3. The molecule has 1 aromatic heterocycles. The summed E-state index contributed by atoms with van der Waals surface area (Å²) in [4.78, 5) is 16.5. The number of aliphatic imine (C=N–C) groups is 1. The van der Waals surface area contributed by atoms with E-state index in [1.165, 1.54) is 12.8 Å². The van der Waals surface area contributed by atoms with E-state index >= 15 is 0 Å². The fraction of sp³-hybridized carbons (Fsp3) is 0.765. The van der Waals surface area contributed by atoms with Gasteiger partial charge in [0.15, 0.2) is 11.8 Å². The van der Waals surface area contributed by atoms with Gasteiger partial charge >= 0.3 is 0 Å². The smallest absolute Gasteiger partial charge is 0.239 e. The van der Waals surface area contributed by atoms with Gasteiger partial charge in [-0.15, -0.1) is 10.2 Å². The number of amides is 1. The number of carbonyl (C=O) groups is 1. The van der Waals surface area contributed by atoms with Gasteiger partial charge in [-0.2, -0.15) is 0 Å². The van der Waals surface area contributed by atoms with Crippen LogP contribution in [0.15, 0.2) is 4.99 Å². The van der Waals surface area contributed by atoms with E-state index in [9.17, 15) is 4.79 Å². The molecule has 1 aliphatic rings. The molecular weight excluding hydrogens is 318 g/mol. The quantitative estimate of drug-likeness (QED) is 0.544. The SMILES string of the molecule is CCNC(=NCc1nnc2n1CCCCC2)NCC(=O)NC(C)(C)C. The highest BCUT2D eigenvalue weighted by Crippen LogP contribution is 2.14. The first kappa shape index (κ1) is 19.2. The molecule has 0 radical (unpaired) electrons. The van der Waals surface area contributed by atoms with Crippen LogP contribution in [0.25, 0.3) is 0 Å². The maximum Gasteiger partial charge on any atom is 0.239 e. The molecule has 1 amide bonds. The molecule has 0 saturated heterocycles. The van der Waals surface area contributed by atoms with E-state index in [1.54, 1.807) is 0 Å². The van der Waals surface area contributed by atoms with Crippen molar-refractivity contribution in [3.05, 3.63) is 11.6 Å². The Morgan fingerprint density at radius 3 is 2.72 bits per heavy atom. The Morgan fingerprint density at radius 1 is 1.20 bits per heavy atom. The standard InChI is InChI=1S/C17H31N7O/c1-5-18-16(20-12-15(25)21-17(2,3)4)19-11-14-23-22-13-9-7-6-8-10-24(13)14/h5-12H2,1-4H3,(H,21,25)(H2,18,19,20). The Hall–Kier alpha value is -2.12. The number of nitrogens with zero attached hydrogens (tertiary/aromatic N) is 4. The minimum Gasteiger partial charge on any atom is -0.357 e. The van der Waals surface area contributed by atoms with Crippen LogP contribution in [-0.4, -0.2) is 45.3 Å². The van der Waals surface area contributed by atoms with Crippen LogP contribution in [0.4, 0.5) is 0 Å². The summed E-state index contributed by atoms with van der Waals surface area (Å²) in [5.74, 6) is 2.49. The zero-order valence-corrected chi connectivity index (χ0v) is 15.9. The van der Waals surface area contributed by atoms with Gasteiger partial charge in [0.25, 0.3) is 0 Å². The molecule has 0 unspecified atom stereocenters. The summed E-state index contributed by atoms with van der Waals surface area (Å²) in [6.45, 7) is 10.2. The summed E-state index contributed by atoms with van der Waals surface area (Å²) < 4.78 is 2.19. The Kier molecular flexibility index (Phi) is 6.78. The fourth-order valence-corrected chi connectivity index (χ4v) is 2.78. The molecule has 2 rings (SSSR count). The van der Waals surface area contributed by atoms with E-state index < -0.39 is 0 Å². The van der Waals surface area contributed by atoms with Gasteiger partial charge in [0, 0.05) is 25.0 Å². The average Bonchev–Trinajstić information content (AvgIpc) is 2.75. The molecule has 0 saturated carbocycles. The van der Waals surface area contributed by atoms with Crippen molar-refractivity contribution in [1.82, 2.24) is 30.7 Å². The average molecular weight is 349 g/mol. The van der Waals surface area contributed by atoms with Gasteiger partial charge in [0.05, 0.1) is 6.54 Å². The van der Waals surface area contributed by atoms with Crippen LogP contribution in [0.1, 0.15) is 58.6 Å². The lowest BCUT2D eigenvalue weighted by atomic mass is 10.1. The molecule has 2 heterocycles. The van der Waals surface area contributed by atoms with E-state index in [-0.39, 0.29) is 18.0 Å². The van der Waals surface area contributed by atoms with Crippen molar-refractivity contribution in [2.75, 3.05) is 13.1 Å². The number of rotatable bonds is 5. The van der Waals surface area contributed by atoms with Crippen LogP contribution >= 0.6 is 0 Å². The van der Waals surface area contributed by atoms with Crippen molar-refractivity contribution >= 4 is 11.9 Å². The number of carbonyl (C=O) groups excluding carboxylic acids is 1. The summed E-state index contributed by atoms with van der Waals surface area (Å²) in [6.07, 6.45) is 4.56. The van der Waals surface area contributed by atoms with Crippen molar-refractivity contribution in [2.24, 2.45) is 4.99 Å². The molecule has 0 fully saturated rings. The molecule has 0 atom stereocenters. The molecule has 8 heteroatoms. The zero-order valence-electron chi connectivity index (χ0n) is 15.9. The largest absolute Gasteiger partial charge is 0.357 e. The second-order valence-electron chi connectivity index (χ2n) is 7.34. The molecule has 140 valence electrons. The molecule has 0 spiro atoms. The highest BCUT2D eigenvalue weighted by Gasteiger charge is 2.15. The van der Waals surface area contributed by atoms with E-state index in [2.05, 4.69) is 35.7 Å². The lowest BCUT2D eigenvalue weighted by Gasteiger charge is -2.21. The van der Waals surface area contributed by atoms with Gasteiger partial charge in [-0.1, -0.05) is 6.42 Å². The van der Waals surface area contributed by atoms with Crippen LogP contribution in [-0.2, 0) is 24.3 Å². The maximum absolute atomic E-state index is 11.9. The first-order valence-corrected chi connectivity index (χ1v) is 9.13. The number of guanidine groups is 1. The third kappa shape index (κ3) is 6.36.